The molecule has 8 aromatic rings. The number of hydrogen-bond acceptors (Lipinski definition) is 3. The van der Waals surface area contributed by atoms with Crippen LogP contribution in [0.4, 0.5) is 0 Å². The van der Waals surface area contributed by atoms with Gasteiger partial charge in [0.2, 0.25) is 0 Å². The Morgan fingerprint density at radius 2 is 1.52 bits per heavy atom. The molecule has 5 aromatic carbocycles. The summed E-state index contributed by atoms with van der Waals surface area (Å²) in [7, 11) is 0. The number of rotatable bonds is 5. The van der Waals surface area contributed by atoms with Gasteiger partial charge in [0.15, 0.2) is 0 Å². The number of thiophene rings is 1. The maximum atomic E-state index is 7.23. The summed E-state index contributed by atoms with van der Waals surface area (Å²) in [4.78, 5) is 9.23. The van der Waals surface area contributed by atoms with E-state index in [0.717, 1.165) is 39.4 Å². The quantitative estimate of drug-likeness (QED) is 0.127. The minimum atomic E-state index is -2.09. The third-order valence-corrected chi connectivity index (χ3v) is 13.3. The van der Waals surface area contributed by atoms with Crippen molar-refractivity contribution in [3.05, 3.63) is 157 Å². The number of nitrogens with zero attached hydrogens (tertiary/aromatic N) is 3. The first-order valence-electron chi connectivity index (χ1n) is 17.1. The molecule has 3 heterocycles. The standard InChI is InChI=1S/C30H25GeN2S.C12H10N.Ir/c1-31(2,3)23-15-18-29-25(19-23)26(20-34-29)30-32-27-11-7-8-12-28(27)33(30)24-16-13-22(14-17-24)21-9-5-4-6-10-21;1-10-7-8-12(13-9-10)11-5-3-2-4-6-11;/h4-19H,1-3H3;2-5,7-9H,1H3;/q2*-1;/i;1D3;. The van der Waals surface area contributed by atoms with Gasteiger partial charge < -0.3 is 4.98 Å². The second kappa shape index (κ2) is 14.6. The molecule has 0 unspecified atom stereocenters. The molecule has 0 aliphatic heterocycles. The van der Waals surface area contributed by atoms with Crippen LogP contribution in [0.1, 0.15) is 9.68 Å². The van der Waals surface area contributed by atoms with Crippen LogP contribution in [0.3, 0.4) is 0 Å². The molecule has 0 saturated carbocycles. The topological polar surface area (TPSA) is 30.7 Å². The van der Waals surface area contributed by atoms with Crippen molar-refractivity contribution >= 4 is 50.1 Å². The molecule has 3 nitrogen and oxygen atoms in total. The summed E-state index contributed by atoms with van der Waals surface area (Å²) in [6, 6.07) is 48.5. The zero-order valence-electron chi connectivity index (χ0n) is 29.9. The molecular weight excluding hydrogens is 843 g/mol. The van der Waals surface area contributed by atoms with E-state index < -0.39 is 20.1 Å². The van der Waals surface area contributed by atoms with E-state index in [1.165, 1.54) is 31.8 Å². The summed E-state index contributed by atoms with van der Waals surface area (Å²) >= 11 is -0.279. The predicted molar refractivity (Wildman–Crippen MR) is 202 cm³/mol. The number of para-hydroxylation sites is 2. The van der Waals surface area contributed by atoms with E-state index in [0.29, 0.717) is 0 Å². The maximum Gasteiger partial charge on any atom is 0 e. The van der Waals surface area contributed by atoms with Gasteiger partial charge in [-0.1, -0.05) is 30.3 Å². The zero-order chi connectivity index (χ0) is 34.9. The van der Waals surface area contributed by atoms with Gasteiger partial charge in [-0.3, -0.25) is 0 Å². The van der Waals surface area contributed by atoms with Crippen molar-refractivity contribution < 1.29 is 24.2 Å². The van der Waals surface area contributed by atoms with Crippen LogP contribution in [0, 0.1) is 18.3 Å². The number of pyridine rings is 1. The first kappa shape index (κ1) is 30.0. The molecule has 48 heavy (non-hydrogen) atoms. The monoisotopic (exact) mass is 883 g/mol. The van der Waals surface area contributed by atoms with E-state index in [1.807, 2.05) is 18.2 Å². The molecule has 0 N–H and O–H groups in total. The zero-order valence-corrected chi connectivity index (χ0v) is 32.2. The Balaban J connectivity index is 0.000000222. The van der Waals surface area contributed by atoms with Crippen molar-refractivity contribution in [1.82, 2.24) is 14.5 Å². The van der Waals surface area contributed by atoms with Crippen LogP contribution in [0.15, 0.2) is 140 Å². The third kappa shape index (κ3) is 7.16. The molecule has 239 valence electrons. The van der Waals surface area contributed by atoms with Crippen molar-refractivity contribution in [2.45, 2.75) is 24.1 Å². The average Bonchev–Trinajstić information content (AvgIpc) is 3.73. The van der Waals surface area contributed by atoms with Crippen LogP contribution in [0.2, 0.25) is 17.3 Å². The molecule has 0 aliphatic carbocycles. The van der Waals surface area contributed by atoms with Crippen molar-refractivity contribution in [2.24, 2.45) is 0 Å². The third-order valence-electron chi connectivity index (χ3n) is 8.14. The van der Waals surface area contributed by atoms with Gasteiger partial charge in [-0.2, -0.15) is 0 Å². The Morgan fingerprint density at radius 3 is 2.23 bits per heavy atom. The SMILES string of the molecule is [2H]C([2H])([2H])c1ccc(-c2[c-]cccc2)nc1.[CH3][Ge]([CH3])([CH3])[c]1ccc2s[c-]c(-c3nc4ccccc4n3-c3ccc(-c4ccccc4)cc3)c2c1.[Ir]. The first-order valence-corrected chi connectivity index (χ1v) is 23.7. The maximum absolute atomic E-state index is 7.23. The summed E-state index contributed by atoms with van der Waals surface area (Å²) < 4.78 is 26.8. The van der Waals surface area contributed by atoms with Crippen LogP contribution >= 0.6 is 11.3 Å². The summed E-state index contributed by atoms with van der Waals surface area (Å²) in [6.07, 6.45) is 1.39. The fourth-order valence-electron chi connectivity index (χ4n) is 5.60. The normalized spacial score (nSPS) is 12.4. The average molecular weight is 882 g/mol. The van der Waals surface area contributed by atoms with Gasteiger partial charge in [-0.25, -0.2) is 0 Å². The van der Waals surface area contributed by atoms with E-state index in [9.17, 15) is 0 Å². The van der Waals surface area contributed by atoms with Crippen LogP contribution < -0.4 is 4.40 Å². The summed E-state index contributed by atoms with van der Waals surface area (Å²) in [5.74, 6) is 8.29. The molecule has 3 aromatic heterocycles. The molecule has 0 spiro atoms. The molecule has 0 aliphatic rings. The smallest absolute Gasteiger partial charge is 0 e. The Morgan fingerprint density at radius 1 is 0.771 bits per heavy atom. The Hall–Kier alpha value is -4.13. The number of aromatic nitrogens is 3. The van der Waals surface area contributed by atoms with Crippen molar-refractivity contribution in [3.8, 4) is 39.5 Å². The molecule has 0 amide bonds. The van der Waals surface area contributed by atoms with E-state index in [4.69, 9.17) is 9.10 Å². The molecule has 0 fully saturated rings. The van der Waals surface area contributed by atoms with Crippen LogP contribution in [-0.2, 0) is 20.1 Å². The van der Waals surface area contributed by atoms with E-state index in [1.54, 1.807) is 29.5 Å². The Bertz CT molecular complexity index is 2380. The Kier molecular flexibility index (Phi) is 9.09. The number of aryl methyl sites for hydroxylation is 1. The van der Waals surface area contributed by atoms with E-state index >= 15 is 0 Å². The van der Waals surface area contributed by atoms with Crippen LogP contribution in [0.25, 0.3) is 60.6 Å². The number of hydrogen-bond donors (Lipinski definition) is 0. The van der Waals surface area contributed by atoms with Gasteiger partial charge in [0.05, 0.1) is 0 Å². The van der Waals surface area contributed by atoms with Crippen molar-refractivity contribution in [2.75, 3.05) is 0 Å². The first-order chi connectivity index (χ1) is 24.1. The van der Waals surface area contributed by atoms with Gasteiger partial charge in [-0.15, -0.1) is 35.9 Å². The summed E-state index contributed by atoms with van der Waals surface area (Å²) in [5, 5.41) is 4.86. The van der Waals surface area contributed by atoms with E-state index in [2.05, 4.69) is 135 Å². The minimum Gasteiger partial charge on any atom is 0 e. The van der Waals surface area contributed by atoms with Crippen LogP contribution in [0.5, 0.6) is 0 Å². The Labute approximate surface area is 307 Å². The molecule has 6 heteroatoms. The van der Waals surface area contributed by atoms with Crippen molar-refractivity contribution in [1.29, 1.82) is 0 Å². The predicted octanol–water partition coefficient (Wildman–Crippen LogP) is 10.8. The summed E-state index contributed by atoms with van der Waals surface area (Å²) in [5.41, 5.74) is 8.61. The second-order valence-corrected chi connectivity index (χ2v) is 23.9. The molecule has 8 rings (SSSR count). The molecule has 0 bridgehead atoms. The van der Waals surface area contributed by atoms with Gasteiger partial charge in [0.1, 0.15) is 0 Å². The van der Waals surface area contributed by atoms with Crippen molar-refractivity contribution in [3.63, 3.8) is 0 Å². The fourth-order valence-corrected chi connectivity index (χ4v) is 8.86. The molecular formula is C42H35GeIrN3S-2. The number of imidazole rings is 1. The van der Waals surface area contributed by atoms with Gasteiger partial charge in [0, 0.05) is 30.4 Å². The molecule has 1 radical (unpaired) electrons. The van der Waals surface area contributed by atoms with E-state index in [-0.39, 0.29) is 25.7 Å². The largest absolute Gasteiger partial charge is 0 e. The number of fused-ring (bicyclic) bond motifs is 2. The van der Waals surface area contributed by atoms with Crippen LogP contribution in [-0.4, -0.2) is 27.8 Å². The van der Waals surface area contributed by atoms with Gasteiger partial charge in [-0.05, 0) is 18.1 Å². The molecule has 0 atom stereocenters. The van der Waals surface area contributed by atoms with Gasteiger partial charge >= 0.3 is 189 Å². The minimum absolute atomic E-state index is 0. The number of benzene rings is 5. The second-order valence-electron chi connectivity index (χ2n) is 12.4. The fraction of sp³-hybridized carbons (Fsp3) is 0.0952. The summed E-state index contributed by atoms with van der Waals surface area (Å²) in [6.45, 7) is -2.09. The van der Waals surface area contributed by atoms with Gasteiger partial charge in [0.25, 0.3) is 0 Å². The molecule has 0 saturated heterocycles.